The van der Waals surface area contributed by atoms with Crippen LogP contribution in [0.4, 0.5) is 16.2 Å². The van der Waals surface area contributed by atoms with E-state index in [9.17, 15) is 9.59 Å². The fourth-order valence-electron chi connectivity index (χ4n) is 3.89. The highest BCUT2D eigenvalue weighted by atomic mass is 16.6. The number of likely N-dealkylation sites (tertiary alicyclic amines) is 1. The fourth-order valence-corrected chi connectivity index (χ4v) is 3.89. The van der Waals surface area contributed by atoms with Crippen LogP contribution in [0.1, 0.15) is 40.5 Å². The number of carbonyl (C=O) groups excluding carboxylic acids is 2. The second kappa shape index (κ2) is 10.3. The van der Waals surface area contributed by atoms with E-state index in [2.05, 4.69) is 20.4 Å². The number of benzene rings is 1. The summed E-state index contributed by atoms with van der Waals surface area (Å²) in [7, 11) is 0. The second-order valence-corrected chi connectivity index (χ2v) is 9.27. The largest absolute Gasteiger partial charge is 0.444 e. The van der Waals surface area contributed by atoms with Gasteiger partial charge in [0, 0.05) is 43.6 Å². The average Bonchev–Trinajstić information content (AvgIpc) is 2.73. The molecule has 0 bridgehead atoms. The van der Waals surface area contributed by atoms with Gasteiger partial charge in [0.2, 0.25) is 5.91 Å². The molecule has 0 aliphatic carbocycles. The Kier molecular flexibility index (Phi) is 7.78. The zero-order valence-corrected chi connectivity index (χ0v) is 19.1. The number of amides is 2. The molecule has 0 radical (unpaired) electrons. The van der Waals surface area contributed by atoms with Crippen LogP contribution < -0.4 is 15.5 Å². The van der Waals surface area contributed by atoms with Crippen molar-refractivity contribution in [2.24, 2.45) is 0 Å². The van der Waals surface area contributed by atoms with Crippen LogP contribution in [0.3, 0.4) is 0 Å². The van der Waals surface area contributed by atoms with E-state index in [1.807, 2.05) is 52.0 Å². The molecule has 3 rings (SSSR count). The molecule has 2 aliphatic heterocycles. The number of nitrogens with zero attached hydrogens (tertiary/aromatic N) is 2. The van der Waals surface area contributed by atoms with Gasteiger partial charge in [-0.2, -0.15) is 0 Å². The lowest BCUT2D eigenvalue weighted by molar-refractivity contribution is -0.121. The minimum Gasteiger partial charge on any atom is -0.444 e. The predicted octanol–water partition coefficient (Wildman–Crippen LogP) is 2.84. The number of hydrogen-bond acceptors (Lipinski definition) is 6. The Morgan fingerprint density at radius 2 is 1.68 bits per heavy atom. The van der Waals surface area contributed by atoms with E-state index < -0.39 is 5.60 Å². The molecule has 2 heterocycles. The van der Waals surface area contributed by atoms with Crippen molar-refractivity contribution < 1.29 is 19.1 Å². The van der Waals surface area contributed by atoms with E-state index in [0.29, 0.717) is 0 Å². The zero-order valence-electron chi connectivity index (χ0n) is 19.1. The van der Waals surface area contributed by atoms with Crippen molar-refractivity contribution in [3.05, 3.63) is 24.3 Å². The molecule has 31 heavy (non-hydrogen) atoms. The molecular formula is C23H36N4O4. The highest BCUT2D eigenvalue weighted by Crippen LogP contribution is 2.20. The summed E-state index contributed by atoms with van der Waals surface area (Å²) in [6.45, 7) is 12.3. The Morgan fingerprint density at radius 1 is 1.06 bits per heavy atom. The van der Waals surface area contributed by atoms with Crippen molar-refractivity contribution in [2.75, 3.05) is 49.6 Å². The van der Waals surface area contributed by atoms with E-state index in [-0.39, 0.29) is 24.1 Å². The fraction of sp³-hybridized carbons (Fsp3) is 0.652. The molecule has 8 nitrogen and oxygen atoms in total. The topological polar surface area (TPSA) is 83.1 Å². The lowest BCUT2D eigenvalue weighted by Crippen LogP contribution is -2.51. The van der Waals surface area contributed by atoms with Gasteiger partial charge in [-0.1, -0.05) is 0 Å². The summed E-state index contributed by atoms with van der Waals surface area (Å²) in [5.41, 5.74) is 1.45. The van der Waals surface area contributed by atoms with Crippen LogP contribution in [0.2, 0.25) is 0 Å². The Labute approximate surface area is 185 Å². The summed E-state index contributed by atoms with van der Waals surface area (Å²) in [6, 6.07) is 7.83. The van der Waals surface area contributed by atoms with Crippen molar-refractivity contribution in [1.29, 1.82) is 0 Å². The first kappa shape index (κ1) is 23.3. The summed E-state index contributed by atoms with van der Waals surface area (Å²) in [5, 5.41) is 5.96. The molecular weight excluding hydrogens is 396 g/mol. The SMILES string of the molecule is CC(C(=O)Nc1ccc(N2CCOCC2)cc1)N1CCC(NC(=O)OC(C)(C)C)CC1. The van der Waals surface area contributed by atoms with Crippen molar-refractivity contribution in [2.45, 2.75) is 58.2 Å². The number of rotatable bonds is 5. The summed E-state index contributed by atoms with van der Waals surface area (Å²) < 4.78 is 10.7. The molecule has 1 aromatic carbocycles. The van der Waals surface area contributed by atoms with E-state index in [1.165, 1.54) is 0 Å². The number of ether oxygens (including phenoxy) is 2. The summed E-state index contributed by atoms with van der Waals surface area (Å²) >= 11 is 0. The third-order valence-electron chi connectivity index (χ3n) is 5.69. The third kappa shape index (κ3) is 7.11. The van der Waals surface area contributed by atoms with Crippen LogP contribution in [0.5, 0.6) is 0 Å². The summed E-state index contributed by atoms with van der Waals surface area (Å²) in [6.07, 6.45) is 1.22. The molecule has 0 spiro atoms. The van der Waals surface area contributed by atoms with Gasteiger partial charge in [-0.25, -0.2) is 4.79 Å². The molecule has 8 heteroatoms. The van der Waals surface area contributed by atoms with Crippen LogP contribution in [0.25, 0.3) is 0 Å². The van der Waals surface area contributed by atoms with Crippen LogP contribution in [0, 0.1) is 0 Å². The highest BCUT2D eigenvalue weighted by molar-refractivity contribution is 5.94. The van der Waals surface area contributed by atoms with E-state index in [0.717, 1.165) is 63.6 Å². The van der Waals surface area contributed by atoms with E-state index >= 15 is 0 Å². The lowest BCUT2D eigenvalue weighted by Gasteiger charge is -2.35. The van der Waals surface area contributed by atoms with Gasteiger partial charge in [-0.3, -0.25) is 9.69 Å². The van der Waals surface area contributed by atoms with Crippen LogP contribution >= 0.6 is 0 Å². The van der Waals surface area contributed by atoms with Crippen molar-refractivity contribution in [3.8, 4) is 0 Å². The van der Waals surface area contributed by atoms with Crippen LogP contribution in [-0.2, 0) is 14.3 Å². The molecule has 2 N–H and O–H groups in total. The molecule has 2 aliphatic rings. The Bertz CT molecular complexity index is 733. The first-order valence-electron chi connectivity index (χ1n) is 11.2. The Hall–Kier alpha value is -2.32. The average molecular weight is 433 g/mol. The summed E-state index contributed by atoms with van der Waals surface area (Å²) in [4.78, 5) is 29.1. The molecule has 0 aromatic heterocycles. The van der Waals surface area contributed by atoms with Crippen LogP contribution in [0.15, 0.2) is 24.3 Å². The molecule has 172 valence electrons. The van der Waals surface area contributed by atoms with Crippen molar-refractivity contribution in [3.63, 3.8) is 0 Å². The smallest absolute Gasteiger partial charge is 0.407 e. The molecule has 2 amide bonds. The number of alkyl carbamates (subject to hydrolysis) is 1. The van der Waals surface area contributed by atoms with Gasteiger partial charge in [-0.05, 0) is 64.8 Å². The predicted molar refractivity (Wildman–Crippen MR) is 122 cm³/mol. The summed E-state index contributed by atoms with van der Waals surface area (Å²) in [5.74, 6) is -0.0160. The number of morpholine rings is 1. The van der Waals surface area contributed by atoms with Gasteiger partial charge in [0.05, 0.1) is 19.3 Å². The quantitative estimate of drug-likeness (QED) is 0.745. The second-order valence-electron chi connectivity index (χ2n) is 9.27. The lowest BCUT2D eigenvalue weighted by atomic mass is 10.0. The van der Waals surface area contributed by atoms with Crippen molar-refractivity contribution >= 4 is 23.4 Å². The molecule has 2 saturated heterocycles. The minimum atomic E-state index is -0.502. The Balaban J connectivity index is 1.43. The molecule has 0 saturated carbocycles. The number of carbonyl (C=O) groups is 2. The maximum absolute atomic E-state index is 12.7. The molecule has 1 unspecified atom stereocenters. The molecule has 2 fully saturated rings. The van der Waals surface area contributed by atoms with E-state index in [4.69, 9.17) is 9.47 Å². The van der Waals surface area contributed by atoms with Gasteiger partial charge >= 0.3 is 6.09 Å². The monoisotopic (exact) mass is 432 g/mol. The number of nitrogens with one attached hydrogen (secondary N) is 2. The number of hydrogen-bond donors (Lipinski definition) is 2. The van der Waals surface area contributed by atoms with Gasteiger partial charge < -0.3 is 25.0 Å². The Morgan fingerprint density at radius 3 is 2.26 bits per heavy atom. The third-order valence-corrected chi connectivity index (χ3v) is 5.69. The van der Waals surface area contributed by atoms with Gasteiger partial charge in [-0.15, -0.1) is 0 Å². The standard InChI is InChI=1S/C23H36N4O4/c1-17(26-11-9-19(10-12-26)25-22(29)31-23(2,3)4)21(28)24-18-5-7-20(8-6-18)27-13-15-30-16-14-27/h5-8,17,19H,9-16H2,1-4H3,(H,24,28)(H,25,29). The first-order valence-corrected chi connectivity index (χ1v) is 11.2. The minimum absolute atomic E-state index is 0.0160. The molecule has 1 aromatic rings. The molecule has 1 atom stereocenters. The maximum atomic E-state index is 12.7. The van der Waals surface area contributed by atoms with Crippen molar-refractivity contribution in [1.82, 2.24) is 10.2 Å². The highest BCUT2D eigenvalue weighted by Gasteiger charge is 2.28. The van der Waals surface area contributed by atoms with Crippen LogP contribution in [-0.4, -0.2) is 74.0 Å². The van der Waals surface area contributed by atoms with Gasteiger partial charge in [0.15, 0.2) is 0 Å². The van der Waals surface area contributed by atoms with Gasteiger partial charge in [0.1, 0.15) is 5.60 Å². The number of anilines is 2. The maximum Gasteiger partial charge on any atom is 0.407 e. The normalized spacial score (nSPS) is 19.5. The zero-order chi connectivity index (χ0) is 22.4. The number of piperidine rings is 1. The van der Waals surface area contributed by atoms with Gasteiger partial charge in [0.25, 0.3) is 0 Å². The first-order chi connectivity index (χ1) is 14.7. The van der Waals surface area contributed by atoms with E-state index in [1.54, 1.807) is 0 Å².